The predicted octanol–water partition coefficient (Wildman–Crippen LogP) is 2.52. The number of hydrogen-bond acceptors (Lipinski definition) is 2. The fraction of sp³-hybridized carbons (Fsp3) is 0.538. The quantitative estimate of drug-likeness (QED) is 0.829. The monoisotopic (exact) mass is 222 g/mol. The van der Waals surface area contributed by atoms with Crippen molar-refractivity contribution in [2.75, 3.05) is 18.0 Å². The molecule has 0 aromatic heterocycles. The van der Waals surface area contributed by atoms with E-state index in [4.69, 9.17) is 5.73 Å². The summed E-state index contributed by atoms with van der Waals surface area (Å²) in [6.07, 6.45) is 2.63. The van der Waals surface area contributed by atoms with E-state index in [1.807, 2.05) is 6.07 Å². The molecule has 0 radical (unpaired) electrons. The topological polar surface area (TPSA) is 29.3 Å². The number of hydrogen-bond donors (Lipinski definition) is 1. The number of benzene rings is 1. The molecule has 0 atom stereocenters. The van der Waals surface area contributed by atoms with Crippen LogP contribution in [-0.2, 0) is 6.54 Å². The molecular formula is C13H19FN2. The first-order valence-electron chi connectivity index (χ1n) is 5.97. The maximum absolute atomic E-state index is 13.4. The Bertz CT molecular complexity index is 361. The summed E-state index contributed by atoms with van der Waals surface area (Å²) >= 11 is 0. The summed E-state index contributed by atoms with van der Waals surface area (Å²) < 4.78 is 13.4. The van der Waals surface area contributed by atoms with Crippen molar-refractivity contribution in [2.24, 2.45) is 11.7 Å². The molecule has 0 amide bonds. The van der Waals surface area contributed by atoms with Gasteiger partial charge in [0.2, 0.25) is 0 Å². The summed E-state index contributed by atoms with van der Waals surface area (Å²) in [6.45, 7) is 4.47. The molecule has 1 aliphatic carbocycles. The molecule has 0 spiro atoms. The van der Waals surface area contributed by atoms with Crippen LogP contribution in [0.2, 0.25) is 0 Å². The Balaban J connectivity index is 2.17. The fourth-order valence-corrected chi connectivity index (χ4v) is 1.96. The summed E-state index contributed by atoms with van der Waals surface area (Å²) in [5.74, 6) is 0.622. The summed E-state index contributed by atoms with van der Waals surface area (Å²) in [7, 11) is 0. The number of halogens is 1. The third kappa shape index (κ3) is 2.73. The van der Waals surface area contributed by atoms with Crippen molar-refractivity contribution in [3.8, 4) is 0 Å². The first-order chi connectivity index (χ1) is 7.72. The van der Waals surface area contributed by atoms with E-state index in [1.165, 1.54) is 18.9 Å². The Morgan fingerprint density at radius 3 is 2.69 bits per heavy atom. The summed E-state index contributed by atoms with van der Waals surface area (Å²) in [5.41, 5.74) is 7.39. The fourth-order valence-electron chi connectivity index (χ4n) is 1.96. The van der Waals surface area contributed by atoms with Gasteiger partial charge in [0.1, 0.15) is 5.82 Å². The Labute approximate surface area is 96.2 Å². The molecule has 2 rings (SSSR count). The lowest BCUT2D eigenvalue weighted by Gasteiger charge is -2.23. The van der Waals surface area contributed by atoms with Crippen molar-refractivity contribution >= 4 is 5.69 Å². The molecule has 1 aliphatic rings. The lowest BCUT2D eigenvalue weighted by atomic mass is 10.1. The summed E-state index contributed by atoms with van der Waals surface area (Å²) in [5, 5.41) is 0. The van der Waals surface area contributed by atoms with Crippen LogP contribution in [0.5, 0.6) is 0 Å². The van der Waals surface area contributed by atoms with Crippen molar-refractivity contribution in [2.45, 2.75) is 26.3 Å². The molecule has 2 nitrogen and oxygen atoms in total. The molecule has 0 unspecified atom stereocenters. The molecule has 0 bridgehead atoms. The Kier molecular flexibility index (Phi) is 3.44. The molecule has 3 heteroatoms. The van der Waals surface area contributed by atoms with Crippen molar-refractivity contribution in [1.29, 1.82) is 0 Å². The minimum Gasteiger partial charge on any atom is -0.371 e. The molecule has 1 aromatic rings. The number of nitrogens with two attached hydrogens (primary N) is 1. The smallest absolute Gasteiger partial charge is 0.125 e. The predicted molar refractivity (Wildman–Crippen MR) is 64.9 cm³/mol. The first kappa shape index (κ1) is 11.4. The highest BCUT2D eigenvalue weighted by Gasteiger charge is 2.24. The van der Waals surface area contributed by atoms with Crippen LogP contribution in [0.4, 0.5) is 10.1 Å². The van der Waals surface area contributed by atoms with Crippen LogP contribution in [0.3, 0.4) is 0 Å². The van der Waals surface area contributed by atoms with Crippen molar-refractivity contribution in [3.05, 3.63) is 29.6 Å². The first-order valence-corrected chi connectivity index (χ1v) is 5.97. The average molecular weight is 222 g/mol. The van der Waals surface area contributed by atoms with E-state index < -0.39 is 0 Å². The van der Waals surface area contributed by atoms with E-state index in [1.54, 1.807) is 6.07 Å². The highest BCUT2D eigenvalue weighted by molar-refractivity contribution is 5.49. The highest BCUT2D eigenvalue weighted by Crippen LogP contribution is 2.31. The van der Waals surface area contributed by atoms with E-state index in [0.717, 1.165) is 30.3 Å². The van der Waals surface area contributed by atoms with Gasteiger partial charge in [0.05, 0.1) is 0 Å². The van der Waals surface area contributed by atoms with Crippen LogP contribution in [0.15, 0.2) is 18.2 Å². The van der Waals surface area contributed by atoms with E-state index in [0.29, 0.717) is 6.54 Å². The van der Waals surface area contributed by atoms with Crippen LogP contribution in [0.25, 0.3) is 0 Å². The SMILES string of the molecule is CCN(CC1CC1)c1cc(F)cc(CN)c1. The number of nitrogens with zero attached hydrogens (tertiary/aromatic N) is 1. The molecule has 0 aliphatic heterocycles. The van der Waals surface area contributed by atoms with Crippen molar-refractivity contribution < 1.29 is 4.39 Å². The van der Waals surface area contributed by atoms with Gasteiger partial charge in [-0.25, -0.2) is 4.39 Å². The van der Waals surface area contributed by atoms with Gasteiger partial charge in [-0.1, -0.05) is 0 Å². The Morgan fingerprint density at radius 2 is 2.12 bits per heavy atom. The van der Waals surface area contributed by atoms with Gasteiger partial charge in [0, 0.05) is 25.3 Å². The van der Waals surface area contributed by atoms with Gasteiger partial charge in [-0.05, 0) is 49.4 Å². The lowest BCUT2D eigenvalue weighted by molar-refractivity contribution is 0.623. The van der Waals surface area contributed by atoms with Gasteiger partial charge >= 0.3 is 0 Å². The van der Waals surface area contributed by atoms with Gasteiger partial charge in [0.15, 0.2) is 0 Å². The second-order valence-electron chi connectivity index (χ2n) is 4.50. The molecule has 88 valence electrons. The molecule has 0 saturated heterocycles. The molecular weight excluding hydrogens is 203 g/mol. The van der Waals surface area contributed by atoms with Crippen molar-refractivity contribution in [1.82, 2.24) is 0 Å². The van der Waals surface area contributed by atoms with Gasteiger partial charge in [-0.3, -0.25) is 0 Å². The summed E-state index contributed by atoms with van der Waals surface area (Å²) in [4.78, 5) is 2.24. The standard InChI is InChI=1S/C13H19FN2/c1-2-16(9-10-3-4-10)13-6-11(8-15)5-12(14)7-13/h5-7,10H,2-4,8-9,15H2,1H3. The van der Waals surface area contributed by atoms with Crippen molar-refractivity contribution in [3.63, 3.8) is 0 Å². The van der Waals surface area contributed by atoms with Crippen LogP contribution in [0, 0.1) is 11.7 Å². The Hall–Kier alpha value is -1.09. The molecule has 2 N–H and O–H groups in total. The molecule has 0 heterocycles. The van der Waals surface area contributed by atoms with Crippen LogP contribution >= 0.6 is 0 Å². The van der Waals surface area contributed by atoms with E-state index >= 15 is 0 Å². The third-order valence-electron chi connectivity index (χ3n) is 3.10. The van der Waals surface area contributed by atoms with Gasteiger partial charge < -0.3 is 10.6 Å². The third-order valence-corrected chi connectivity index (χ3v) is 3.10. The van der Waals surface area contributed by atoms with Crippen LogP contribution < -0.4 is 10.6 Å². The highest BCUT2D eigenvalue weighted by atomic mass is 19.1. The summed E-state index contributed by atoms with van der Waals surface area (Å²) in [6, 6.07) is 5.11. The van der Waals surface area contributed by atoms with E-state index in [9.17, 15) is 4.39 Å². The van der Waals surface area contributed by atoms with Gasteiger partial charge in [0.25, 0.3) is 0 Å². The normalized spacial score (nSPS) is 15.2. The number of rotatable bonds is 5. The number of anilines is 1. The Morgan fingerprint density at radius 1 is 1.38 bits per heavy atom. The maximum atomic E-state index is 13.4. The van der Waals surface area contributed by atoms with E-state index in [-0.39, 0.29) is 5.82 Å². The van der Waals surface area contributed by atoms with Crippen LogP contribution in [0.1, 0.15) is 25.3 Å². The minimum absolute atomic E-state index is 0.188. The second kappa shape index (κ2) is 4.83. The maximum Gasteiger partial charge on any atom is 0.125 e. The lowest BCUT2D eigenvalue weighted by Crippen LogP contribution is -2.25. The van der Waals surface area contributed by atoms with Gasteiger partial charge in [-0.2, -0.15) is 0 Å². The average Bonchev–Trinajstić information content (AvgIpc) is 3.08. The molecule has 16 heavy (non-hydrogen) atoms. The minimum atomic E-state index is -0.188. The zero-order valence-electron chi connectivity index (χ0n) is 9.75. The molecule has 1 fully saturated rings. The largest absolute Gasteiger partial charge is 0.371 e. The zero-order valence-corrected chi connectivity index (χ0v) is 9.75. The van der Waals surface area contributed by atoms with Gasteiger partial charge in [-0.15, -0.1) is 0 Å². The van der Waals surface area contributed by atoms with E-state index in [2.05, 4.69) is 11.8 Å². The molecule has 1 aromatic carbocycles. The van der Waals surface area contributed by atoms with Crippen LogP contribution in [-0.4, -0.2) is 13.1 Å². The zero-order chi connectivity index (χ0) is 11.5. The second-order valence-corrected chi connectivity index (χ2v) is 4.50. The molecule has 1 saturated carbocycles.